The number of benzene rings is 2. The average Bonchev–Trinajstić information content (AvgIpc) is 3.11. The van der Waals surface area contributed by atoms with E-state index in [1.165, 1.54) is 4.90 Å². The van der Waals surface area contributed by atoms with Gasteiger partial charge in [-0.15, -0.1) is 0 Å². The van der Waals surface area contributed by atoms with Crippen LogP contribution in [0, 0.1) is 6.92 Å². The van der Waals surface area contributed by atoms with Crippen molar-refractivity contribution in [3.8, 4) is 5.75 Å². The molecule has 34 heavy (non-hydrogen) atoms. The van der Waals surface area contributed by atoms with Gasteiger partial charge in [0.15, 0.2) is 0 Å². The van der Waals surface area contributed by atoms with E-state index in [1.54, 1.807) is 60.8 Å². The van der Waals surface area contributed by atoms with Crippen LogP contribution in [0.1, 0.15) is 22.9 Å². The number of aliphatic hydroxyl groups is 1. The number of carbonyl (C=O) groups excluding carboxylic acids is 2. The van der Waals surface area contributed by atoms with Crippen LogP contribution in [0.2, 0.25) is 5.02 Å². The molecule has 3 aromatic rings. The van der Waals surface area contributed by atoms with Gasteiger partial charge in [0.05, 0.1) is 23.5 Å². The van der Waals surface area contributed by atoms with Crippen LogP contribution in [0.15, 0.2) is 66.4 Å². The van der Waals surface area contributed by atoms with Crippen LogP contribution in [0.5, 0.6) is 5.75 Å². The van der Waals surface area contributed by atoms with Crippen LogP contribution in [0.25, 0.3) is 5.76 Å². The van der Waals surface area contributed by atoms with E-state index in [1.807, 2.05) is 18.9 Å². The van der Waals surface area contributed by atoms with Crippen LogP contribution >= 0.6 is 11.6 Å². The summed E-state index contributed by atoms with van der Waals surface area (Å²) in [6.07, 6.45) is 1.59. The lowest BCUT2D eigenvalue weighted by Gasteiger charge is -2.28. The summed E-state index contributed by atoms with van der Waals surface area (Å²) in [6.45, 7) is 3.10. The van der Waals surface area contributed by atoms with Crippen molar-refractivity contribution in [3.63, 3.8) is 0 Å². The van der Waals surface area contributed by atoms with Gasteiger partial charge in [-0.1, -0.05) is 23.7 Å². The first kappa shape index (κ1) is 22.0. The maximum Gasteiger partial charge on any atom is 0.300 e. The fourth-order valence-corrected chi connectivity index (χ4v) is 4.56. The van der Waals surface area contributed by atoms with Crippen LogP contribution in [0.4, 0.5) is 11.4 Å². The fourth-order valence-electron chi connectivity index (χ4n) is 4.39. The van der Waals surface area contributed by atoms with Crippen molar-refractivity contribution in [1.82, 2.24) is 4.98 Å². The number of aromatic nitrogens is 1. The number of amides is 1. The molecule has 5 rings (SSSR count). The van der Waals surface area contributed by atoms with Crippen molar-refractivity contribution in [3.05, 3.63) is 88.2 Å². The van der Waals surface area contributed by atoms with Gasteiger partial charge in [0.25, 0.3) is 11.7 Å². The lowest BCUT2D eigenvalue weighted by molar-refractivity contribution is -0.132. The summed E-state index contributed by atoms with van der Waals surface area (Å²) in [5.74, 6) is -1.10. The molecule has 1 unspecified atom stereocenters. The number of anilines is 2. The molecule has 1 atom stereocenters. The second-order valence-electron chi connectivity index (χ2n) is 8.31. The smallest absolute Gasteiger partial charge is 0.300 e. The topological polar surface area (TPSA) is 83.0 Å². The minimum atomic E-state index is -0.914. The minimum absolute atomic E-state index is 0.0255. The lowest BCUT2D eigenvalue weighted by Crippen LogP contribution is -2.30. The fraction of sp³-hybridized carbons (Fsp3) is 0.192. The Morgan fingerprint density at radius 2 is 1.94 bits per heavy atom. The Balaban J connectivity index is 1.72. The first-order valence-electron chi connectivity index (χ1n) is 10.8. The molecule has 7 nitrogen and oxygen atoms in total. The molecule has 1 fully saturated rings. The van der Waals surface area contributed by atoms with Crippen molar-refractivity contribution in [1.29, 1.82) is 0 Å². The van der Waals surface area contributed by atoms with E-state index in [2.05, 4.69) is 4.98 Å². The number of hydrogen-bond acceptors (Lipinski definition) is 6. The molecule has 1 amide bonds. The van der Waals surface area contributed by atoms with Gasteiger partial charge in [-0.05, 0) is 55.0 Å². The van der Waals surface area contributed by atoms with E-state index in [0.29, 0.717) is 40.9 Å². The zero-order valence-electron chi connectivity index (χ0n) is 18.7. The number of ketones is 1. The molecule has 0 spiro atoms. The molecular weight excluding hydrogens is 454 g/mol. The predicted octanol–water partition coefficient (Wildman–Crippen LogP) is 4.50. The standard InChI is InChI=1S/C26H22ClN3O4/c1-15-6-8-17(27)14-19(15)30-23(18-5-3-4-10-28-18)22(25(32)26(30)33)24(31)16-7-9-21-20(13-16)29(2)11-12-34-21/h3-10,13-14,23,31H,11-12H2,1-2H3/b24-22-. The van der Waals surface area contributed by atoms with Gasteiger partial charge < -0.3 is 14.7 Å². The number of nitrogens with zero attached hydrogens (tertiary/aromatic N) is 3. The van der Waals surface area contributed by atoms with Crippen molar-refractivity contribution in [2.75, 3.05) is 30.0 Å². The van der Waals surface area contributed by atoms with Crippen LogP contribution in [-0.4, -0.2) is 42.0 Å². The number of carbonyl (C=O) groups is 2. The summed E-state index contributed by atoms with van der Waals surface area (Å²) in [5.41, 5.74) is 2.90. The summed E-state index contributed by atoms with van der Waals surface area (Å²) in [4.78, 5) is 34.4. The van der Waals surface area contributed by atoms with Crippen molar-refractivity contribution >= 4 is 40.4 Å². The Kier molecular flexibility index (Phi) is 5.49. The highest BCUT2D eigenvalue weighted by atomic mass is 35.5. The molecule has 0 saturated carbocycles. The Morgan fingerprint density at radius 3 is 2.71 bits per heavy atom. The van der Waals surface area contributed by atoms with Crippen LogP contribution in [0.3, 0.4) is 0 Å². The largest absolute Gasteiger partial charge is 0.507 e. The summed E-state index contributed by atoms with van der Waals surface area (Å²) in [5, 5.41) is 11.8. The molecule has 1 N–H and O–H groups in total. The van der Waals surface area contributed by atoms with Gasteiger partial charge in [0.1, 0.15) is 24.2 Å². The summed E-state index contributed by atoms with van der Waals surface area (Å²) >= 11 is 6.23. The molecule has 2 aliphatic heterocycles. The Labute approximate surface area is 201 Å². The molecule has 3 heterocycles. The predicted molar refractivity (Wildman–Crippen MR) is 130 cm³/mol. The number of aliphatic hydroxyl groups excluding tert-OH is 1. The molecule has 0 bridgehead atoms. The second kappa shape index (κ2) is 8.50. The van der Waals surface area contributed by atoms with Gasteiger partial charge in [-0.2, -0.15) is 0 Å². The van der Waals surface area contributed by atoms with E-state index in [-0.39, 0.29) is 11.3 Å². The second-order valence-corrected chi connectivity index (χ2v) is 8.74. The van der Waals surface area contributed by atoms with Gasteiger partial charge in [-0.3, -0.25) is 19.5 Å². The van der Waals surface area contributed by atoms with E-state index < -0.39 is 17.7 Å². The first-order chi connectivity index (χ1) is 16.4. The van der Waals surface area contributed by atoms with Gasteiger partial charge in [0, 0.05) is 29.5 Å². The zero-order valence-corrected chi connectivity index (χ0v) is 19.4. The highest BCUT2D eigenvalue weighted by Crippen LogP contribution is 2.44. The number of halogens is 1. The summed E-state index contributed by atoms with van der Waals surface area (Å²) in [7, 11) is 1.93. The monoisotopic (exact) mass is 475 g/mol. The zero-order chi connectivity index (χ0) is 24.0. The van der Waals surface area contributed by atoms with Crippen molar-refractivity contribution < 1.29 is 19.4 Å². The van der Waals surface area contributed by atoms with Gasteiger partial charge in [0.2, 0.25) is 0 Å². The highest BCUT2D eigenvalue weighted by molar-refractivity contribution is 6.52. The first-order valence-corrected chi connectivity index (χ1v) is 11.2. The lowest BCUT2D eigenvalue weighted by atomic mass is 9.97. The summed E-state index contributed by atoms with van der Waals surface area (Å²) in [6, 6.07) is 14.7. The number of rotatable bonds is 3. The number of ether oxygens (including phenoxy) is 1. The number of fused-ring (bicyclic) bond motifs is 1. The third-order valence-electron chi connectivity index (χ3n) is 6.17. The minimum Gasteiger partial charge on any atom is -0.507 e. The molecule has 2 aliphatic rings. The molecule has 0 radical (unpaired) electrons. The van der Waals surface area contributed by atoms with E-state index in [4.69, 9.17) is 16.3 Å². The molecule has 0 aliphatic carbocycles. The molecular formula is C26H22ClN3O4. The number of aryl methyl sites for hydroxylation is 1. The average molecular weight is 476 g/mol. The van der Waals surface area contributed by atoms with Crippen LogP contribution < -0.4 is 14.5 Å². The van der Waals surface area contributed by atoms with E-state index in [9.17, 15) is 14.7 Å². The Morgan fingerprint density at radius 1 is 1.12 bits per heavy atom. The maximum absolute atomic E-state index is 13.3. The molecule has 1 saturated heterocycles. The third kappa shape index (κ3) is 3.58. The SMILES string of the molecule is Cc1ccc(Cl)cc1N1C(=O)C(=O)/C(=C(\O)c2ccc3c(c2)N(C)CCO3)C1c1ccccn1. The number of pyridine rings is 1. The number of Topliss-reactive ketones (excluding diaryl/α,β-unsaturated/α-hetero) is 1. The molecule has 1 aromatic heterocycles. The normalized spacial score (nSPS) is 19.2. The van der Waals surface area contributed by atoms with Gasteiger partial charge >= 0.3 is 0 Å². The molecule has 8 heteroatoms. The van der Waals surface area contributed by atoms with Crippen LogP contribution in [-0.2, 0) is 9.59 Å². The maximum atomic E-state index is 13.3. The number of hydrogen-bond donors (Lipinski definition) is 1. The highest BCUT2D eigenvalue weighted by Gasteiger charge is 2.48. The Bertz CT molecular complexity index is 1340. The molecule has 172 valence electrons. The van der Waals surface area contributed by atoms with Crippen molar-refractivity contribution in [2.45, 2.75) is 13.0 Å². The third-order valence-corrected chi connectivity index (χ3v) is 6.41. The Hall–Kier alpha value is -3.84. The summed E-state index contributed by atoms with van der Waals surface area (Å²) < 4.78 is 5.69. The number of likely N-dealkylation sites (N-methyl/N-ethyl adjacent to an activating group) is 1. The van der Waals surface area contributed by atoms with E-state index >= 15 is 0 Å². The van der Waals surface area contributed by atoms with E-state index in [0.717, 1.165) is 11.3 Å². The van der Waals surface area contributed by atoms with Gasteiger partial charge in [-0.25, -0.2) is 0 Å². The quantitative estimate of drug-likeness (QED) is 0.341. The molecule has 2 aromatic carbocycles. The van der Waals surface area contributed by atoms with Crippen molar-refractivity contribution in [2.24, 2.45) is 0 Å².